The van der Waals surface area contributed by atoms with E-state index in [0.717, 1.165) is 13.0 Å². The van der Waals surface area contributed by atoms with Crippen LogP contribution in [-0.2, 0) is 6.42 Å². The van der Waals surface area contributed by atoms with E-state index >= 15 is 0 Å². The van der Waals surface area contributed by atoms with Gasteiger partial charge in [-0.2, -0.15) is 11.3 Å². The van der Waals surface area contributed by atoms with Gasteiger partial charge in [0, 0.05) is 6.04 Å². The third-order valence-electron chi connectivity index (χ3n) is 3.20. The zero-order valence-electron chi connectivity index (χ0n) is 10.0. The summed E-state index contributed by atoms with van der Waals surface area (Å²) in [4.78, 5) is 0. The van der Waals surface area contributed by atoms with E-state index in [2.05, 4.69) is 35.1 Å². The average Bonchev–Trinajstić information content (AvgIpc) is 2.90. The third kappa shape index (κ3) is 3.76. The van der Waals surface area contributed by atoms with Crippen LogP contribution < -0.4 is 5.32 Å². The van der Waals surface area contributed by atoms with Crippen LogP contribution in [0.15, 0.2) is 28.5 Å². The van der Waals surface area contributed by atoms with E-state index in [9.17, 15) is 0 Å². The summed E-state index contributed by atoms with van der Waals surface area (Å²) in [6, 6.07) is 2.82. The molecule has 2 heteroatoms. The van der Waals surface area contributed by atoms with E-state index < -0.39 is 0 Å². The van der Waals surface area contributed by atoms with Crippen LogP contribution in [0.3, 0.4) is 0 Å². The fourth-order valence-corrected chi connectivity index (χ4v) is 2.96. The van der Waals surface area contributed by atoms with Gasteiger partial charge in [-0.15, -0.1) is 0 Å². The maximum absolute atomic E-state index is 3.61. The summed E-state index contributed by atoms with van der Waals surface area (Å²) in [5.74, 6) is 0. The van der Waals surface area contributed by atoms with Crippen molar-refractivity contribution in [2.45, 2.75) is 45.1 Å². The lowest BCUT2D eigenvalue weighted by molar-refractivity contribution is 0.546. The van der Waals surface area contributed by atoms with Crippen LogP contribution >= 0.6 is 11.3 Å². The van der Waals surface area contributed by atoms with Crippen LogP contribution in [0, 0.1) is 0 Å². The maximum atomic E-state index is 3.61. The molecule has 0 amide bonds. The molecule has 1 aliphatic rings. The highest BCUT2D eigenvalue weighted by Gasteiger charge is 2.06. The van der Waals surface area contributed by atoms with Crippen molar-refractivity contribution in [3.8, 4) is 0 Å². The number of thiophene rings is 1. The highest BCUT2D eigenvalue weighted by Crippen LogP contribution is 2.19. The molecule has 1 aromatic rings. The Morgan fingerprint density at radius 2 is 2.44 bits per heavy atom. The molecule has 1 heterocycles. The van der Waals surface area contributed by atoms with E-state index in [4.69, 9.17) is 0 Å². The first kappa shape index (κ1) is 11.9. The molecular formula is C14H21NS. The summed E-state index contributed by atoms with van der Waals surface area (Å²) in [6.45, 7) is 3.41. The Bertz CT molecular complexity index is 327. The first-order valence-corrected chi connectivity index (χ1v) is 7.21. The molecule has 1 aromatic heterocycles. The monoisotopic (exact) mass is 235 g/mol. The summed E-state index contributed by atoms with van der Waals surface area (Å²) in [5.41, 5.74) is 3.13. The minimum absolute atomic E-state index is 0.594. The van der Waals surface area contributed by atoms with Gasteiger partial charge in [-0.05, 0) is 68.0 Å². The van der Waals surface area contributed by atoms with Crippen molar-refractivity contribution in [3.63, 3.8) is 0 Å². The first-order valence-electron chi connectivity index (χ1n) is 6.27. The minimum atomic E-state index is 0.594. The van der Waals surface area contributed by atoms with Crippen molar-refractivity contribution in [1.29, 1.82) is 0 Å². The third-order valence-corrected chi connectivity index (χ3v) is 3.93. The van der Waals surface area contributed by atoms with E-state index in [0.29, 0.717) is 6.04 Å². The number of hydrogen-bond acceptors (Lipinski definition) is 2. The predicted octanol–water partition coefficient (Wildman–Crippen LogP) is 3.77. The molecule has 0 bridgehead atoms. The van der Waals surface area contributed by atoms with E-state index in [-0.39, 0.29) is 0 Å². The smallest absolute Gasteiger partial charge is 0.00795 e. The SMILES string of the molecule is CC(Cc1ccsc1)NCCC1=CCCC1. The van der Waals surface area contributed by atoms with Crippen molar-refractivity contribution < 1.29 is 0 Å². The fraction of sp³-hybridized carbons (Fsp3) is 0.571. The summed E-state index contributed by atoms with van der Waals surface area (Å²) < 4.78 is 0. The summed E-state index contributed by atoms with van der Waals surface area (Å²) in [5, 5.41) is 8.02. The van der Waals surface area contributed by atoms with E-state index in [1.807, 2.05) is 0 Å². The van der Waals surface area contributed by atoms with Crippen LogP contribution in [0.1, 0.15) is 38.2 Å². The molecular weight excluding hydrogens is 214 g/mol. The molecule has 0 radical (unpaired) electrons. The normalized spacial score (nSPS) is 17.4. The fourth-order valence-electron chi connectivity index (χ4n) is 2.28. The average molecular weight is 235 g/mol. The molecule has 0 fully saturated rings. The summed E-state index contributed by atoms with van der Waals surface area (Å²) in [6.07, 6.45) is 8.84. The van der Waals surface area contributed by atoms with E-state index in [1.54, 1.807) is 16.9 Å². The van der Waals surface area contributed by atoms with E-state index in [1.165, 1.54) is 31.2 Å². The quantitative estimate of drug-likeness (QED) is 0.740. The highest BCUT2D eigenvalue weighted by atomic mass is 32.1. The van der Waals surface area contributed by atoms with Crippen LogP contribution in [0.25, 0.3) is 0 Å². The molecule has 0 spiro atoms. The van der Waals surface area contributed by atoms with Crippen molar-refractivity contribution >= 4 is 11.3 Å². The zero-order valence-corrected chi connectivity index (χ0v) is 10.9. The zero-order chi connectivity index (χ0) is 11.2. The van der Waals surface area contributed by atoms with Gasteiger partial charge in [0.2, 0.25) is 0 Å². The second-order valence-corrected chi connectivity index (χ2v) is 5.48. The van der Waals surface area contributed by atoms with Gasteiger partial charge < -0.3 is 5.32 Å². The van der Waals surface area contributed by atoms with Crippen molar-refractivity contribution in [1.82, 2.24) is 5.32 Å². The number of allylic oxidation sites excluding steroid dienone is 1. The Labute approximate surface area is 103 Å². The minimum Gasteiger partial charge on any atom is -0.314 e. The molecule has 1 N–H and O–H groups in total. The molecule has 0 aromatic carbocycles. The van der Waals surface area contributed by atoms with Gasteiger partial charge in [0.05, 0.1) is 0 Å². The Morgan fingerprint density at radius 1 is 1.50 bits per heavy atom. The van der Waals surface area contributed by atoms with Crippen molar-refractivity contribution in [2.24, 2.45) is 0 Å². The van der Waals surface area contributed by atoms with Crippen LogP contribution in [0.4, 0.5) is 0 Å². The van der Waals surface area contributed by atoms with Crippen molar-refractivity contribution in [2.75, 3.05) is 6.54 Å². The van der Waals surface area contributed by atoms with Gasteiger partial charge >= 0.3 is 0 Å². The van der Waals surface area contributed by atoms with Crippen molar-refractivity contribution in [3.05, 3.63) is 34.0 Å². The lowest BCUT2D eigenvalue weighted by atomic mass is 10.1. The Kier molecular flexibility index (Phi) is 4.61. The highest BCUT2D eigenvalue weighted by molar-refractivity contribution is 7.07. The van der Waals surface area contributed by atoms with Gasteiger partial charge in [0.15, 0.2) is 0 Å². The molecule has 0 saturated heterocycles. The maximum Gasteiger partial charge on any atom is 0.00795 e. The van der Waals surface area contributed by atoms with Crippen LogP contribution in [0.5, 0.6) is 0 Å². The number of rotatable bonds is 6. The molecule has 1 nitrogen and oxygen atoms in total. The first-order chi connectivity index (χ1) is 7.84. The standard InChI is InChI=1S/C14H21NS/c1-12(10-14-7-9-16-11-14)15-8-6-13-4-2-3-5-13/h4,7,9,11-12,15H,2-3,5-6,8,10H2,1H3. The molecule has 1 unspecified atom stereocenters. The molecule has 1 aliphatic carbocycles. The molecule has 1 atom stereocenters. The molecule has 0 saturated carbocycles. The largest absolute Gasteiger partial charge is 0.314 e. The second kappa shape index (κ2) is 6.21. The second-order valence-electron chi connectivity index (χ2n) is 4.70. The Hall–Kier alpha value is -0.600. The van der Waals surface area contributed by atoms with Crippen LogP contribution in [0.2, 0.25) is 0 Å². The van der Waals surface area contributed by atoms with Gasteiger partial charge in [-0.1, -0.05) is 11.6 Å². The number of nitrogens with one attached hydrogen (secondary N) is 1. The van der Waals surface area contributed by atoms with Gasteiger partial charge in [0.25, 0.3) is 0 Å². The topological polar surface area (TPSA) is 12.0 Å². The predicted molar refractivity (Wildman–Crippen MR) is 72.0 cm³/mol. The molecule has 16 heavy (non-hydrogen) atoms. The lowest BCUT2D eigenvalue weighted by Gasteiger charge is -2.13. The molecule has 2 rings (SSSR count). The van der Waals surface area contributed by atoms with Gasteiger partial charge in [0.1, 0.15) is 0 Å². The summed E-state index contributed by atoms with van der Waals surface area (Å²) >= 11 is 1.79. The van der Waals surface area contributed by atoms with Crippen LogP contribution in [-0.4, -0.2) is 12.6 Å². The molecule has 0 aliphatic heterocycles. The lowest BCUT2D eigenvalue weighted by Crippen LogP contribution is -2.28. The Morgan fingerprint density at radius 3 is 3.12 bits per heavy atom. The van der Waals surface area contributed by atoms with Gasteiger partial charge in [-0.3, -0.25) is 0 Å². The van der Waals surface area contributed by atoms with Gasteiger partial charge in [-0.25, -0.2) is 0 Å². The Balaban J connectivity index is 1.62. The summed E-state index contributed by atoms with van der Waals surface area (Å²) in [7, 11) is 0. The molecule has 88 valence electrons. The number of hydrogen-bond donors (Lipinski definition) is 1.